The highest BCUT2D eigenvalue weighted by Crippen LogP contribution is 2.29. The van der Waals surface area contributed by atoms with E-state index in [9.17, 15) is 31.5 Å². The lowest BCUT2D eigenvalue weighted by Gasteiger charge is -2.23. The van der Waals surface area contributed by atoms with Crippen LogP contribution in [0.25, 0.3) is 0 Å². The lowest BCUT2D eigenvalue weighted by atomic mass is 9.96. The van der Waals surface area contributed by atoms with Gasteiger partial charge in [0.2, 0.25) is 11.0 Å². The summed E-state index contributed by atoms with van der Waals surface area (Å²) in [7, 11) is -4.12. The summed E-state index contributed by atoms with van der Waals surface area (Å²) in [4.78, 5) is 12.3. The third-order valence-corrected chi connectivity index (χ3v) is 7.59. The van der Waals surface area contributed by atoms with Crippen molar-refractivity contribution in [3.05, 3.63) is 5.01 Å². The summed E-state index contributed by atoms with van der Waals surface area (Å²) in [6.07, 6.45) is -6.31. The molecule has 0 aliphatic rings. The monoisotopic (exact) mass is 417 g/mol. The second-order valence-corrected chi connectivity index (χ2v) is 10.6. The predicted octanol–water partition coefficient (Wildman–Crippen LogP) is 2.28. The summed E-state index contributed by atoms with van der Waals surface area (Å²) in [6, 6.07) is 0. The van der Waals surface area contributed by atoms with Crippen LogP contribution in [0.5, 0.6) is 0 Å². The average molecular weight is 417 g/mol. The number of amides is 1. The first-order valence-corrected chi connectivity index (χ1v) is 10.1. The minimum Gasteiger partial charge on any atom is -0.395 e. The van der Waals surface area contributed by atoms with Gasteiger partial charge in [0.1, 0.15) is 9.75 Å². The third kappa shape index (κ3) is 5.61. The molecular weight excluding hydrogens is 395 g/mol. The van der Waals surface area contributed by atoms with Crippen LogP contribution in [-0.4, -0.2) is 52.9 Å². The Hall–Kier alpha value is -1.27. The number of aliphatic hydroxyl groups excluding tert-OH is 1. The molecule has 1 amide bonds. The van der Waals surface area contributed by atoms with Gasteiger partial charge >= 0.3 is 6.18 Å². The lowest BCUT2D eigenvalue weighted by Crippen LogP contribution is -2.45. The van der Waals surface area contributed by atoms with Crippen LogP contribution in [0.4, 0.5) is 18.3 Å². The van der Waals surface area contributed by atoms with Crippen molar-refractivity contribution in [3.8, 4) is 0 Å². The van der Waals surface area contributed by atoms with Crippen molar-refractivity contribution in [1.82, 2.24) is 10.2 Å². The quantitative estimate of drug-likeness (QED) is 0.672. The van der Waals surface area contributed by atoms with Crippen LogP contribution in [0.2, 0.25) is 0 Å². The van der Waals surface area contributed by atoms with Crippen LogP contribution >= 0.6 is 11.3 Å². The van der Waals surface area contributed by atoms with Gasteiger partial charge in [-0.25, -0.2) is 8.42 Å². The molecule has 26 heavy (non-hydrogen) atoms. The van der Waals surface area contributed by atoms with E-state index in [1.807, 2.05) is 0 Å². The van der Waals surface area contributed by atoms with Gasteiger partial charge in [0.05, 0.1) is 12.4 Å². The molecule has 0 fully saturated rings. The SMILES string of the molecule is CC(C)(CO)c1nnc(NC(=O)C(C)(C)S(=O)(=O)CCCC(F)(F)F)s1. The van der Waals surface area contributed by atoms with Gasteiger partial charge in [-0.3, -0.25) is 10.1 Å². The molecule has 1 aromatic rings. The number of carbonyl (C=O) groups excluding carboxylic acids is 1. The predicted molar refractivity (Wildman–Crippen MR) is 91.8 cm³/mol. The number of carbonyl (C=O) groups is 1. The number of alkyl halides is 3. The molecule has 7 nitrogen and oxygen atoms in total. The number of halogens is 3. The minimum atomic E-state index is -4.45. The summed E-state index contributed by atoms with van der Waals surface area (Å²) in [5, 5.41) is 19.7. The first kappa shape index (κ1) is 22.8. The number of nitrogens with zero attached hydrogens (tertiary/aromatic N) is 2. The zero-order valence-electron chi connectivity index (χ0n) is 14.8. The van der Waals surface area contributed by atoms with Crippen LogP contribution in [0, 0.1) is 0 Å². The molecule has 0 aliphatic heterocycles. The van der Waals surface area contributed by atoms with Crippen molar-refractivity contribution in [2.45, 2.75) is 56.9 Å². The maximum Gasteiger partial charge on any atom is 0.389 e. The van der Waals surface area contributed by atoms with Crippen molar-refractivity contribution in [2.24, 2.45) is 0 Å². The summed E-state index contributed by atoms with van der Waals surface area (Å²) in [5.41, 5.74) is -0.681. The fourth-order valence-electron chi connectivity index (χ4n) is 1.72. The average Bonchev–Trinajstić information content (AvgIpc) is 2.94. The molecule has 0 atom stereocenters. The van der Waals surface area contributed by atoms with Gasteiger partial charge in [-0.2, -0.15) is 13.2 Å². The molecule has 1 aromatic heterocycles. The van der Waals surface area contributed by atoms with Crippen molar-refractivity contribution >= 4 is 32.2 Å². The summed E-state index contributed by atoms with van der Waals surface area (Å²) < 4.78 is 59.2. The van der Waals surface area contributed by atoms with E-state index >= 15 is 0 Å². The zero-order chi connectivity index (χ0) is 20.4. The Kier molecular flexibility index (Phi) is 6.80. The minimum absolute atomic E-state index is 0.0464. The van der Waals surface area contributed by atoms with Crippen LogP contribution < -0.4 is 5.32 Å². The molecule has 2 N–H and O–H groups in total. The lowest BCUT2D eigenvalue weighted by molar-refractivity contribution is -0.134. The highest BCUT2D eigenvalue weighted by atomic mass is 32.2. The van der Waals surface area contributed by atoms with E-state index in [0.717, 1.165) is 25.2 Å². The topological polar surface area (TPSA) is 109 Å². The van der Waals surface area contributed by atoms with Crippen LogP contribution in [0.3, 0.4) is 0 Å². The standard InChI is InChI=1S/C14H22F3N3O4S2/c1-12(2,8-21)10-19-20-11(25-10)18-9(22)13(3,4)26(23,24)7-5-6-14(15,16)17/h21H,5-8H2,1-4H3,(H,18,20,22). The molecule has 1 heterocycles. The van der Waals surface area contributed by atoms with Crippen molar-refractivity contribution in [1.29, 1.82) is 0 Å². The number of hydrogen-bond acceptors (Lipinski definition) is 7. The number of nitrogens with one attached hydrogen (secondary N) is 1. The van der Waals surface area contributed by atoms with E-state index in [1.54, 1.807) is 13.8 Å². The Morgan fingerprint density at radius 3 is 2.27 bits per heavy atom. The van der Waals surface area contributed by atoms with E-state index in [0.29, 0.717) is 5.01 Å². The Bertz CT molecular complexity index is 743. The molecule has 150 valence electrons. The number of aliphatic hydroxyl groups is 1. The maximum absolute atomic E-state index is 12.3. The summed E-state index contributed by atoms with van der Waals surface area (Å²) >= 11 is 0.983. The number of hydrogen-bond donors (Lipinski definition) is 2. The molecular formula is C14H22F3N3O4S2. The molecule has 0 bridgehead atoms. The first-order chi connectivity index (χ1) is 11.6. The second-order valence-electron chi connectivity index (χ2n) is 6.96. The van der Waals surface area contributed by atoms with Gasteiger partial charge in [0, 0.05) is 11.8 Å². The molecule has 1 rings (SSSR count). The molecule has 0 spiro atoms. The largest absolute Gasteiger partial charge is 0.395 e. The van der Waals surface area contributed by atoms with Crippen LogP contribution in [-0.2, 0) is 20.0 Å². The molecule has 0 aliphatic carbocycles. The maximum atomic E-state index is 12.3. The van der Waals surface area contributed by atoms with E-state index in [-0.39, 0.29) is 11.7 Å². The summed E-state index contributed by atoms with van der Waals surface area (Å²) in [6.45, 7) is 5.49. The summed E-state index contributed by atoms with van der Waals surface area (Å²) in [5.74, 6) is -1.67. The van der Waals surface area contributed by atoms with Gasteiger partial charge in [-0.15, -0.1) is 10.2 Å². The van der Waals surface area contributed by atoms with Crippen molar-refractivity contribution in [2.75, 3.05) is 17.7 Å². The Labute approximate surface area is 153 Å². The first-order valence-electron chi connectivity index (χ1n) is 7.68. The fourth-order valence-corrected chi connectivity index (χ4v) is 3.92. The molecule has 12 heteroatoms. The molecule has 0 saturated carbocycles. The smallest absolute Gasteiger partial charge is 0.389 e. The Morgan fingerprint density at radius 1 is 1.19 bits per heavy atom. The highest BCUT2D eigenvalue weighted by molar-refractivity contribution is 7.93. The van der Waals surface area contributed by atoms with Gasteiger partial charge in [-0.05, 0) is 20.3 Å². The fraction of sp³-hybridized carbons (Fsp3) is 0.786. The van der Waals surface area contributed by atoms with Crippen LogP contribution in [0.1, 0.15) is 45.5 Å². The van der Waals surface area contributed by atoms with E-state index in [4.69, 9.17) is 0 Å². The van der Waals surface area contributed by atoms with Gasteiger partial charge in [0.25, 0.3) is 0 Å². The van der Waals surface area contributed by atoms with Gasteiger partial charge in [0.15, 0.2) is 9.84 Å². The number of anilines is 1. The van der Waals surface area contributed by atoms with E-state index in [2.05, 4.69) is 15.5 Å². The number of aromatic nitrogens is 2. The third-order valence-electron chi connectivity index (χ3n) is 3.82. The molecule has 0 unspecified atom stereocenters. The molecule has 0 radical (unpaired) electrons. The van der Waals surface area contributed by atoms with Crippen molar-refractivity contribution in [3.63, 3.8) is 0 Å². The molecule has 0 aromatic carbocycles. The highest BCUT2D eigenvalue weighted by Gasteiger charge is 2.42. The Balaban J connectivity index is 2.84. The van der Waals surface area contributed by atoms with E-state index in [1.165, 1.54) is 0 Å². The van der Waals surface area contributed by atoms with Crippen molar-refractivity contribution < 1.29 is 31.5 Å². The number of rotatable bonds is 8. The van der Waals surface area contributed by atoms with Gasteiger partial charge in [-0.1, -0.05) is 25.2 Å². The zero-order valence-corrected chi connectivity index (χ0v) is 16.5. The van der Waals surface area contributed by atoms with E-state index < -0.39 is 50.7 Å². The number of sulfone groups is 1. The van der Waals surface area contributed by atoms with Gasteiger partial charge < -0.3 is 5.11 Å². The normalized spacial score (nSPS) is 13.7. The Morgan fingerprint density at radius 2 is 1.77 bits per heavy atom. The van der Waals surface area contributed by atoms with Crippen LogP contribution in [0.15, 0.2) is 0 Å². The molecule has 0 saturated heterocycles. The second kappa shape index (κ2) is 7.77.